The number of amides is 1. The average molecular weight is 323 g/mol. The third kappa shape index (κ3) is 4.60. The van der Waals surface area contributed by atoms with Gasteiger partial charge in [0.25, 0.3) is 5.91 Å². The van der Waals surface area contributed by atoms with Crippen molar-refractivity contribution in [2.24, 2.45) is 5.92 Å². The van der Waals surface area contributed by atoms with Gasteiger partial charge >= 0.3 is 0 Å². The van der Waals surface area contributed by atoms with E-state index in [2.05, 4.69) is 5.32 Å². The second-order valence-corrected chi connectivity index (χ2v) is 6.48. The predicted molar refractivity (Wildman–Crippen MR) is 96.1 cm³/mol. The van der Waals surface area contributed by atoms with Gasteiger partial charge in [-0.3, -0.25) is 4.79 Å². The Morgan fingerprint density at radius 1 is 0.958 bits per heavy atom. The summed E-state index contributed by atoms with van der Waals surface area (Å²) in [6, 6.07) is 17.5. The molecule has 0 atom stereocenters. The maximum atomic E-state index is 12.5. The largest absolute Gasteiger partial charge is 0.488 e. The van der Waals surface area contributed by atoms with Crippen molar-refractivity contribution < 1.29 is 9.53 Å². The van der Waals surface area contributed by atoms with E-state index in [4.69, 9.17) is 4.74 Å². The van der Waals surface area contributed by atoms with Crippen LogP contribution in [0.1, 0.15) is 48.0 Å². The smallest absolute Gasteiger partial charge is 0.255 e. The topological polar surface area (TPSA) is 38.3 Å². The molecule has 24 heavy (non-hydrogen) atoms. The highest BCUT2D eigenvalue weighted by Gasteiger charge is 2.16. The van der Waals surface area contributed by atoms with Crippen LogP contribution in [0.25, 0.3) is 0 Å². The lowest BCUT2D eigenvalue weighted by atomic mass is 9.89. The number of carbonyl (C=O) groups is 1. The summed E-state index contributed by atoms with van der Waals surface area (Å²) in [5, 5.41) is 3.09. The molecule has 0 aliphatic heterocycles. The fraction of sp³-hybridized carbons (Fsp3) is 0.381. The minimum Gasteiger partial charge on any atom is -0.488 e. The molecular formula is C21H25NO2. The predicted octanol–water partition coefficient (Wildman–Crippen LogP) is 4.58. The van der Waals surface area contributed by atoms with Gasteiger partial charge in [-0.15, -0.1) is 0 Å². The number of benzene rings is 2. The maximum absolute atomic E-state index is 12.5. The van der Waals surface area contributed by atoms with Crippen LogP contribution in [-0.2, 0) is 6.61 Å². The van der Waals surface area contributed by atoms with E-state index in [9.17, 15) is 4.79 Å². The third-order valence-corrected chi connectivity index (χ3v) is 4.64. The molecule has 0 saturated heterocycles. The van der Waals surface area contributed by atoms with E-state index in [0.717, 1.165) is 12.1 Å². The van der Waals surface area contributed by atoms with Crippen LogP contribution in [0.5, 0.6) is 5.75 Å². The van der Waals surface area contributed by atoms with Crippen LogP contribution >= 0.6 is 0 Å². The summed E-state index contributed by atoms with van der Waals surface area (Å²) in [5.74, 6) is 1.23. The van der Waals surface area contributed by atoms with Gasteiger partial charge in [-0.1, -0.05) is 61.7 Å². The molecule has 1 amide bonds. The molecule has 3 nitrogen and oxygen atoms in total. The van der Waals surface area contributed by atoms with Gasteiger partial charge in [-0.2, -0.15) is 0 Å². The molecule has 3 rings (SSSR count). The molecule has 1 saturated carbocycles. The first-order chi connectivity index (χ1) is 11.8. The van der Waals surface area contributed by atoms with E-state index in [1.54, 1.807) is 0 Å². The van der Waals surface area contributed by atoms with Crippen molar-refractivity contribution in [2.75, 3.05) is 6.54 Å². The molecule has 1 fully saturated rings. The van der Waals surface area contributed by atoms with Crippen molar-refractivity contribution in [3.8, 4) is 5.75 Å². The van der Waals surface area contributed by atoms with E-state index in [1.165, 1.54) is 32.1 Å². The lowest BCUT2D eigenvalue weighted by Gasteiger charge is -2.22. The van der Waals surface area contributed by atoms with Crippen molar-refractivity contribution in [3.05, 3.63) is 65.7 Å². The number of para-hydroxylation sites is 1. The second-order valence-electron chi connectivity index (χ2n) is 6.48. The molecule has 2 aromatic rings. The Balaban J connectivity index is 1.59. The highest BCUT2D eigenvalue weighted by molar-refractivity contribution is 5.96. The van der Waals surface area contributed by atoms with Crippen LogP contribution in [0, 0.1) is 5.92 Å². The van der Waals surface area contributed by atoms with Crippen molar-refractivity contribution >= 4 is 5.91 Å². The molecule has 126 valence electrons. The average Bonchev–Trinajstić information content (AvgIpc) is 2.66. The number of hydrogen-bond acceptors (Lipinski definition) is 2. The second kappa shape index (κ2) is 8.53. The van der Waals surface area contributed by atoms with Gasteiger partial charge in [0.05, 0.1) is 5.56 Å². The lowest BCUT2D eigenvalue weighted by Crippen LogP contribution is -2.30. The number of hydrogen-bond donors (Lipinski definition) is 1. The summed E-state index contributed by atoms with van der Waals surface area (Å²) in [7, 11) is 0. The third-order valence-electron chi connectivity index (χ3n) is 4.64. The number of carbonyl (C=O) groups excluding carboxylic acids is 1. The fourth-order valence-corrected chi connectivity index (χ4v) is 3.24. The quantitative estimate of drug-likeness (QED) is 0.845. The highest BCUT2D eigenvalue weighted by Crippen LogP contribution is 2.23. The lowest BCUT2D eigenvalue weighted by molar-refractivity contribution is 0.0939. The zero-order valence-corrected chi connectivity index (χ0v) is 14.0. The summed E-state index contributed by atoms with van der Waals surface area (Å²) in [4.78, 5) is 12.5. The summed E-state index contributed by atoms with van der Waals surface area (Å²) in [5.41, 5.74) is 1.71. The van der Waals surface area contributed by atoms with Crippen LogP contribution in [0.4, 0.5) is 0 Å². The zero-order chi connectivity index (χ0) is 16.6. The Hall–Kier alpha value is -2.29. The zero-order valence-electron chi connectivity index (χ0n) is 14.0. The molecule has 1 N–H and O–H groups in total. The molecule has 1 aliphatic rings. The van der Waals surface area contributed by atoms with Crippen LogP contribution in [-0.4, -0.2) is 12.5 Å². The molecule has 1 aliphatic carbocycles. The molecule has 0 aromatic heterocycles. The van der Waals surface area contributed by atoms with Gasteiger partial charge in [0.15, 0.2) is 0 Å². The highest BCUT2D eigenvalue weighted by atomic mass is 16.5. The van der Waals surface area contributed by atoms with Crippen LogP contribution in [0.15, 0.2) is 54.6 Å². The van der Waals surface area contributed by atoms with Crippen molar-refractivity contribution in [2.45, 2.75) is 38.7 Å². The summed E-state index contributed by atoms with van der Waals surface area (Å²) in [6.45, 7) is 1.24. The SMILES string of the molecule is O=C(NCC1CCCCC1)c1ccccc1OCc1ccccc1. The van der Waals surface area contributed by atoms with E-state index in [-0.39, 0.29) is 5.91 Å². The Kier molecular flexibility index (Phi) is 5.89. The van der Waals surface area contributed by atoms with E-state index >= 15 is 0 Å². The first-order valence-electron chi connectivity index (χ1n) is 8.87. The number of rotatable bonds is 6. The summed E-state index contributed by atoms with van der Waals surface area (Å²) < 4.78 is 5.88. The molecule has 3 heteroatoms. The minimum atomic E-state index is -0.0377. The van der Waals surface area contributed by atoms with Gasteiger partial charge < -0.3 is 10.1 Å². The van der Waals surface area contributed by atoms with E-state index in [0.29, 0.717) is 23.8 Å². The molecular weight excluding hydrogens is 298 g/mol. The number of ether oxygens (including phenoxy) is 1. The monoisotopic (exact) mass is 323 g/mol. The molecule has 0 heterocycles. The molecule has 0 spiro atoms. The standard InChI is InChI=1S/C21H25NO2/c23-21(22-15-17-9-3-1-4-10-17)19-13-7-8-14-20(19)24-16-18-11-5-2-6-12-18/h2,5-8,11-14,17H,1,3-4,9-10,15-16H2,(H,22,23). The van der Waals surface area contributed by atoms with Crippen LogP contribution in [0.3, 0.4) is 0 Å². The maximum Gasteiger partial charge on any atom is 0.255 e. The molecule has 0 unspecified atom stereocenters. The van der Waals surface area contributed by atoms with Crippen molar-refractivity contribution in [1.29, 1.82) is 0 Å². The van der Waals surface area contributed by atoms with Crippen molar-refractivity contribution in [1.82, 2.24) is 5.32 Å². The van der Waals surface area contributed by atoms with Gasteiger partial charge in [-0.25, -0.2) is 0 Å². The van der Waals surface area contributed by atoms with Gasteiger partial charge in [0.2, 0.25) is 0 Å². The normalized spacial score (nSPS) is 15.0. The fourth-order valence-electron chi connectivity index (χ4n) is 3.24. The van der Waals surface area contributed by atoms with Crippen LogP contribution in [0.2, 0.25) is 0 Å². The van der Waals surface area contributed by atoms with E-state index < -0.39 is 0 Å². The molecule has 0 radical (unpaired) electrons. The Labute approximate surface area is 144 Å². The van der Waals surface area contributed by atoms with Crippen LogP contribution < -0.4 is 10.1 Å². The summed E-state index contributed by atoms with van der Waals surface area (Å²) >= 11 is 0. The van der Waals surface area contributed by atoms with Gasteiger partial charge in [-0.05, 0) is 36.5 Å². The Morgan fingerprint density at radius 2 is 1.67 bits per heavy atom. The van der Waals surface area contributed by atoms with Crippen molar-refractivity contribution in [3.63, 3.8) is 0 Å². The Bertz CT molecular complexity index is 648. The minimum absolute atomic E-state index is 0.0377. The van der Waals surface area contributed by atoms with E-state index in [1.807, 2.05) is 54.6 Å². The molecule has 2 aromatic carbocycles. The first kappa shape index (κ1) is 16.6. The van der Waals surface area contributed by atoms with Gasteiger partial charge in [0, 0.05) is 6.54 Å². The summed E-state index contributed by atoms with van der Waals surface area (Å²) in [6.07, 6.45) is 6.37. The number of nitrogens with one attached hydrogen (secondary N) is 1. The Morgan fingerprint density at radius 3 is 2.46 bits per heavy atom. The first-order valence-corrected chi connectivity index (χ1v) is 8.87. The van der Waals surface area contributed by atoms with Gasteiger partial charge in [0.1, 0.15) is 12.4 Å². The molecule has 0 bridgehead atoms.